The van der Waals surface area contributed by atoms with Crippen LogP contribution in [0.5, 0.6) is 0 Å². The Morgan fingerprint density at radius 3 is 2.54 bits per heavy atom. The minimum atomic E-state index is -1.15. The number of hydrogen-bond acceptors (Lipinski definition) is 2. The number of carbonyl (C=O) groups is 2. The monoisotopic (exact) mass is 390 g/mol. The molecular formula is C19H16Cl2N2O3. The smallest absolute Gasteiger partial charge is 0.337 e. The summed E-state index contributed by atoms with van der Waals surface area (Å²) in [6.07, 6.45) is 0. The maximum Gasteiger partial charge on any atom is 0.337 e. The number of carboxylic acids is 1. The molecule has 0 aliphatic rings. The SMILES string of the molecule is CCn1c(C(=O)Nc2ccc(Cl)c(C(=O)O)c2)c(C)c2cc(Cl)ccc21. The van der Waals surface area contributed by atoms with Gasteiger partial charge in [0.05, 0.1) is 10.6 Å². The molecule has 1 amide bonds. The molecule has 0 atom stereocenters. The first kappa shape index (κ1) is 18.3. The molecule has 3 rings (SSSR count). The van der Waals surface area contributed by atoms with E-state index in [2.05, 4.69) is 5.32 Å². The molecular weight excluding hydrogens is 375 g/mol. The average molecular weight is 391 g/mol. The average Bonchev–Trinajstić information content (AvgIpc) is 2.88. The Kier molecular flexibility index (Phi) is 4.94. The summed E-state index contributed by atoms with van der Waals surface area (Å²) in [5.41, 5.74) is 2.54. The van der Waals surface area contributed by atoms with Crippen LogP contribution in [-0.2, 0) is 6.54 Å². The van der Waals surface area contributed by atoms with Gasteiger partial charge in [0.15, 0.2) is 0 Å². The van der Waals surface area contributed by atoms with Gasteiger partial charge in [-0.1, -0.05) is 23.2 Å². The number of aromatic nitrogens is 1. The predicted octanol–water partition coefficient (Wildman–Crippen LogP) is 5.23. The Morgan fingerprint density at radius 1 is 1.15 bits per heavy atom. The number of halogens is 2. The summed E-state index contributed by atoms with van der Waals surface area (Å²) >= 11 is 12.0. The Morgan fingerprint density at radius 2 is 1.88 bits per heavy atom. The molecule has 0 fully saturated rings. The van der Waals surface area contributed by atoms with E-state index in [1.54, 1.807) is 12.1 Å². The zero-order valence-corrected chi connectivity index (χ0v) is 15.6. The van der Waals surface area contributed by atoms with Gasteiger partial charge in [-0.15, -0.1) is 0 Å². The van der Waals surface area contributed by atoms with Gasteiger partial charge in [0.2, 0.25) is 0 Å². The van der Waals surface area contributed by atoms with Gasteiger partial charge in [-0.2, -0.15) is 0 Å². The van der Waals surface area contributed by atoms with Gasteiger partial charge < -0.3 is 15.0 Å². The molecule has 0 aliphatic heterocycles. The second-order valence-corrected chi connectivity index (χ2v) is 6.68. The summed E-state index contributed by atoms with van der Waals surface area (Å²) in [4.78, 5) is 24.1. The summed E-state index contributed by atoms with van der Waals surface area (Å²) < 4.78 is 1.91. The first-order valence-electron chi connectivity index (χ1n) is 7.96. The van der Waals surface area contributed by atoms with Gasteiger partial charge >= 0.3 is 5.97 Å². The molecule has 1 aromatic heterocycles. The second-order valence-electron chi connectivity index (χ2n) is 5.83. The minimum absolute atomic E-state index is 0.0657. The van der Waals surface area contributed by atoms with Crippen LogP contribution in [0, 0.1) is 6.92 Å². The molecule has 3 aromatic rings. The Balaban J connectivity index is 2.04. The summed E-state index contributed by atoms with van der Waals surface area (Å²) in [6.45, 7) is 4.43. The van der Waals surface area contributed by atoms with Gasteiger partial charge in [0.1, 0.15) is 5.69 Å². The standard InChI is InChI=1S/C19H16Cl2N2O3/c1-3-23-16-7-4-11(20)8-13(16)10(2)17(23)18(24)22-12-5-6-15(21)14(9-12)19(25)26/h4-9H,3H2,1-2H3,(H,22,24)(H,25,26). The third kappa shape index (κ3) is 3.16. The fourth-order valence-corrected chi connectivity index (χ4v) is 3.44. The van der Waals surface area contributed by atoms with Crippen molar-refractivity contribution in [2.24, 2.45) is 0 Å². The largest absolute Gasteiger partial charge is 0.478 e. The van der Waals surface area contributed by atoms with Crippen LogP contribution in [0.1, 0.15) is 33.3 Å². The quantitative estimate of drug-likeness (QED) is 0.640. The maximum atomic E-state index is 12.9. The van der Waals surface area contributed by atoms with Crippen LogP contribution in [0.3, 0.4) is 0 Å². The first-order valence-corrected chi connectivity index (χ1v) is 8.71. The molecule has 0 aliphatic carbocycles. The highest BCUT2D eigenvalue weighted by atomic mass is 35.5. The Labute approximate surface area is 160 Å². The van der Waals surface area contributed by atoms with E-state index in [-0.39, 0.29) is 16.5 Å². The van der Waals surface area contributed by atoms with Gasteiger partial charge in [-0.3, -0.25) is 4.79 Å². The molecule has 0 unspecified atom stereocenters. The molecule has 1 heterocycles. The highest BCUT2D eigenvalue weighted by Gasteiger charge is 2.20. The fourth-order valence-electron chi connectivity index (χ4n) is 3.07. The Bertz CT molecular complexity index is 1040. The van der Waals surface area contributed by atoms with E-state index in [9.17, 15) is 14.7 Å². The highest BCUT2D eigenvalue weighted by molar-refractivity contribution is 6.33. The number of amides is 1. The molecule has 0 saturated heterocycles. The second kappa shape index (κ2) is 7.02. The number of carbonyl (C=O) groups excluding carboxylic acids is 1. The van der Waals surface area contributed by atoms with Gasteiger partial charge in [0, 0.05) is 28.2 Å². The zero-order chi connectivity index (χ0) is 19.0. The number of rotatable bonds is 4. The van der Waals surface area contributed by atoms with Crippen molar-refractivity contribution in [3.8, 4) is 0 Å². The molecule has 2 aromatic carbocycles. The zero-order valence-electron chi connectivity index (χ0n) is 14.1. The van der Waals surface area contributed by atoms with Crippen molar-refractivity contribution in [3.63, 3.8) is 0 Å². The molecule has 0 bridgehead atoms. The third-order valence-electron chi connectivity index (χ3n) is 4.26. The van der Waals surface area contributed by atoms with E-state index >= 15 is 0 Å². The Hall–Kier alpha value is -2.50. The lowest BCUT2D eigenvalue weighted by Crippen LogP contribution is -2.18. The third-order valence-corrected chi connectivity index (χ3v) is 4.83. The lowest BCUT2D eigenvalue weighted by atomic mass is 10.1. The normalized spacial score (nSPS) is 10.9. The molecule has 0 saturated carbocycles. The van der Waals surface area contributed by atoms with E-state index in [1.165, 1.54) is 12.1 Å². The van der Waals surface area contributed by atoms with E-state index in [1.807, 2.05) is 30.5 Å². The lowest BCUT2D eigenvalue weighted by molar-refractivity contribution is 0.0696. The fraction of sp³-hybridized carbons (Fsp3) is 0.158. The molecule has 0 spiro atoms. The van der Waals surface area contributed by atoms with Crippen molar-refractivity contribution in [2.45, 2.75) is 20.4 Å². The summed E-state index contributed by atoms with van der Waals surface area (Å²) in [5.74, 6) is -1.48. The van der Waals surface area contributed by atoms with Crippen molar-refractivity contribution in [3.05, 3.63) is 63.3 Å². The number of fused-ring (bicyclic) bond motifs is 1. The summed E-state index contributed by atoms with van der Waals surface area (Å²) in [7, 11) is 0. The lowest BCUT2D eigenvalue weighted by Gasteiger charge is -2.11. The van der Waals surface area contributed by atoms with Crippen LogP contribution < -0.4 is 5.32 Å². The predicted molar refractivity (Wildman–Crippen MR) is 104 cm³/mol. The van der Waals surface area contributed by atoms with Crippen molar-refractivity contribution in [2.75, 3.05) is 5.32 Å². The minimum Gasteiger partial charge on any atom is -0.478 e. The van der Waals surface area contributed by atoms with Crippen LogP contribution >= 0.6 is 23.2 Å². The van der Waals surface area contributed by atoms with Gasteiger partial charge in [-0.25, -0.2) is 4.79 Å². The van der Waals surface area contributed by atoms with E-state index in [0.717, 1.165) is 16.5 Å². The van der Waals surface area contributed by atoms with Crippen molar-refractivity contribution >= 4 is 51.7 Å². The van der Waals surface area contributed by atoms with Crippen LogP contribution in [0.2, 0.25) is 10.0 Å². The number of benzene rings is 2. The van der Waals surface area contributed by atoms with Gasteiger partial charge in [-0.05, 0) is 55.8 Å². The molecule has 5 nitrogen and oxygen atoms in total. The number of aromatic carboxylic acids is 1. The van der Waals surface area contributed by atoms with Crippen molar-refractivity contribution < 1.29 is 14.7 Å². The summed E-state index contributed by atoms with van der Waals surface area (Å²) in [5, 5.41) is 13.6. The molecule has 2 N–H and O–H groups in total. The number of nitrogens with zero attached hydrogens (tertiary/aromatic N) is 1. The van der Waals surface area contributed by atoms with Crippen molar-refractivity contribution in [1.29, 1.82) is 0 Å². The topological polar surface area (TPSA) is 71.3 Å². The van der Waals surface area contributed by atoms with Crippen LogP contribution in [-0.4, -0.2) is 21.6 Å². The highest BCUT2D eigenvalue weighted by Crippen LogP contribution is 2.29. The number of hydrogen-bond donors (Lipinski definition) is 2. The number of aryl methyl sites for hydroxylation is 2. The first-order chi connectivity index (χ1) is 12.3. The number of nitrogens with one attached hydrogen (secondary N) is 1. The molecule has 7 heteroatoms. The van der Waals surface area contributed by atoms with Crippen molar-refractivity contribution in [1.82, 2.24) is 4.57 Å². The number of anilines is 1. The maximum absolute atomic E-state index is 12.9. The van der Waals surface area contributed by atoms with Crippen LogP contribution in [0.25, 0.3) is 10.9 Å². The molecule has 134 valence electrons. The van der Waals surface area contributed by atoms with Crippen LogP contribution in [0.4, 0.5) is 5.69 Å². The molecule has 0 radical (unpaired) electrons. The van der Waals surface area contributed by atoms with E-state index < -0.39 is 5.97 Å². The van der Waals surface area contributed by atoms with E-state index in [4.69, 9.17) is 23.2 Å². The van der Waals surface area contributed by atoms with E-state index in [0.29, 0.717) is 22.9 Å². The van der Waals surface area contributed by atoms with Gasteiger partial charge in [0.25, 0.3) is 5.91 Å². The number of carboxylic acid groups (broad SMARTS) is 1. The van der Waals surface area contributed by atoms with Crippen LogP contribution in [0.15, 0.2) is 36.4 Å². The molecule has 26 heavy (non-hydrogen) atoms. The summed E-state index contributed by atoms with van der Waals surface area (Å²) in [6, 6.07) is 9.86.